The van der Waals surface area contributed by atoms with E-state index in [1.165, 1.54) is 0 Å². The Morgan fingerprint density at radius 3 is 2.52 bits per heavy atom. The van der Waals surface area contributed by atoms with E-state index < -0.39 is 0 Å². The van der Waals surface area contributed by atoms with Gasteiger partial charge in [0.05, 0.1) is 17.7 Å². The molecule has 4 nitrogen and oxygen atoms in total. The minimum Gasteiger partial charge on any atom is -0.497 e. The minimum absolute atomic E-state index is 0.408. The molecule has 0 aliphatic heterocycles. The molecular formula is C16H13ClN2O2. The highest BCUT2D eigenvalue weighted by Gasteiger charge is 2.13. The molecule has 0 N–H and O–H groups in total. The largest absolute Gasteiger partial charge is 0.497 e. The Bertz CT molecular complexity index is 766. The summed E-state index contributed by atoms with van der Waals surface area (Å²) in [5, 5.41) is 4.59. The highest BCUT2D eigenvalue weighted by molar-refractivity contribution is 6.33. The number of aromatic nitrogens is 2. The zero-order chi connectivity index (χ0) is 14.8. The van der Waals surface area contributed by atoms with E-state index in [1.807, 2.05) is 49.4 Å². The lowest BCUT2D eigenvalue weighted by molar-refractivity contribution is 0.415. The summed E-state index contributed by atoms with van der Waals surface area (Å²) in [4.78, 5) is 4.39. The molecule has 0 unspecified atom stereocenters. The summed E-state index contributed by atoms with van der Waals surface area (Å²) in [6.07, 6.45) is 0. The van der Waals surface area contributed by atoms with Gasteiger partial charge in [0.2, 0.25) is 5.82 Å². The number of benzene rings is 2. The average molecular weight is 301 g/mol. The molecule has 0 saturated heterocycles. The number of rotatable bonds is 3. The second kappa shape index (κ2) is 5.58. The average Bonchev–Trinajstić information content (AvgIpc) is 2.97. The molecule has 3 rings (SSSR count). The van der Waals surface area contributed by atoms with Crippen LogP contribution in [0.2, 0.25) is 5.02 Å². The molecule has 0 bridgehead atoms. The SMILES string of the molecule is COc1ccc(-c2noc(-c3ccc(C)cc3Cl)n2)cc1. The molecule has 0 atom stereocenters. The Balaban J connectivity index is 1.95. The monoisotopic (exact) mass is 300 g/mol. The number of hydrogen-bond donors (Lipinski definition) is 0. The van der Waals surface area contributed by atoms with E-state index >= 15 is 0 Å². The van der Waals surface area contributed by atoms with Crippen molar-refractivity contribution in [2.45, 2.75) is 6.92 Å². The van der Waals surface area contributed by atoms with Gasteiger partial charge in [-0.2, -0.15) is 4.98 Å². The molecule has 2 aromatic carbocycles. The van der Waals surface area contributed by atoms with Crippen LogP contribution < -0.4 is 4.74 Å². The van der Waals surface area contributed by atoms with Crippen molar-refractivity contribution in [3.63, 3.8) is 0 Å². The van der Waals surface area contributed by atoms with E-state index in [0.717, 1.165) is 22.4 Å². The van der Waals surface area contributed by atoms with Gasteiger partial charge in [0.1, 0.15) is 5.75 Å². The standard InChI is InChI=1S/C16H13ClN2O2/c1-10-3-8-13(14(17)9-10)16-18-15(19-21-16)11-4-6-12(20-2)7-5-11/h3-9H,1-2H3. The lowest BCUT2D eigenvalue weighted by atomic mass is 10.1. The van der Waals surface area contributed by atoms with Gasteiger partial charge in [-0.05, 0) is 48.9 Å². The maximum atomic E-state index is 6.21. The summed E-state index contributed by atoms with van der Waals surface area (Å²) in [6.45, 7) is 1.98. The highest BCUT2D eigenvalue weighted by Crippen LogP contribution is 2.29. The minimum atomic E-state index is 0.408. The van der Waals surface area contributed by atoms with E-state index in [-0.39, 0.29) is 0 Å². The third kappa shape index (κ3) is 2.76. The Morgan fingerprint density at radius 1 is 1.10 bits per heavy atom. The molecular weight excluding hydrogens is 288 g/mol. The van der Waals surface area contributed by atoms with Crippen LogP contribution in [0.5, 0.6) is 5.75 Å². The Morgan fingerprint density at radius 2 is 1.86 bits per heavy atom. The normalized spacial score (nSPS) is 10.6. The highest BCUT2D eigenvalue weighted by atomic mass is 35.5. The molecule has 5 heteroatoms. The van der Waals surface area contributed by atoms with Gasteiger partial charge < -0.3 is 9.26 Å². The molecule has 0 saturated carbocycles. The predicted octanol–water partition coefficient (Wildman–Crippen LogP) is 4.37. The fourth-order valence-electron chi connectivity index (χ4n) is 1.98. The lowest BCUT2D eigenvalue weighted by Crippen LogP contribution is -1.85. The molecule has 21 heavy (non-hydrogen) atoms. The maximum absolute atomic E-state index is 6.21. The van der Waals surface area contributed by atoms with Crippen molar-refractivity contribution in [3.05, 3.63) is 53.1 Å². The van der Waals surface area contributed by atoms with Crippen LogP contribution in [0, 0.1) is 6.92 Å². The van der Waals surface area contributed by atoms with Gasteiger partial charge in [0, 0.05) is 5.56 Å². The molecule has 0 aliphatic rings. The maximum Gasteiger partial charge on any atom is 0.259 e. The van der Waals surface area contributed by atoms with E-state index in [1.54, 1.807) is 7.11 Å². The molecule has 0 amide bonds. The number of nitrogens with zero attached hydrogens (tertiary/aromatic N) is 2. The molecule has 0 fully saturated rings. The third-order valence-corrected chi connectivity index (χ3v) is 3.44. The van der Waals surface area contributed by atoms with E-state index in [2.05, 4.69) is 10.1 Å². The van der Waals surface area contributed by atoms with Crippen LogP contribution in [-0.4, -0.2) is 17.3 Å². The summed E-state index contributed by atoms with van der Waals surface area (Å²) in [7, 11) is 1.63. The number of methoxy groups -OCH3 is 1. The number of hydrogen-bond acceptors (Lipinski definition) is 4. The zero-order valence-corrected chi connectivity index (χ0v) is 12.4. The van der Waals surface area contributed by atoms with Gasteiger partial charge in [0.15, 0.2) is 0 Å². The number of halogens is 1. The van der Waals surface area contributed by atoms with Crippen LogP contribution >= 0.6 is 11.6 Å². The Labute approximate surface area is 127 Å². The predicted molar refractivity (Wildman–Crippen MR) is 81.5 cm³/mol. The van der Waals surface area contributed by atoms with Crippen molar-refractivity contribution in [3.8, 4) is 28.6 Å². The third-order valence-electron chi connectivity index (χ3n) is 3.13. The smallest absolute Gasteiger partial charge is 0.259 e. The van der Waals surface area contributed by atoms with Gasteiger partial charge in [-0.25, -0.2) is 0 Å². The van der Waals surface area contributed by atoms with Crippen LogP contribution in [0.25, 0.3) is 22.8 Å². The van der Waals surface area contributed by atoms with E-state index in [0.29, 0.717) is 16.7 Å². The van der Waals surface area contributed by atoms with E-state index in [9.17, 15) is 0 Å². The Hall–Kier alpha value is -2.33. The van der Waals surface area contributed by atoms with Crippen molar-refractivity contribution in [2.75, 3.05) is 7.11 Å². The van der Waals surface area contributed by atoms with Gasteiger partial charge in [0.25, 0.3) is 5.89 Å². The summed E-state index contributed by atoms with van der Waals surface area (Å²) >= 11 is 6.21. The fraction of sp³-hybridized carbons (Fsp3) is 0.125. The van der Waals surface area contributed by atoms with Crippen LogP contribution in [0.3, 0.4) is 0 Å². The van der Waals surface area contributed by atoms with Crippen molar-refractivity contribution >= 4 is 11.6 Å². The van der Waals surface area contributed by atoms with E-state index in [4.69, 9.17) is 20.9 Å². The molecule has 1 heterocycles. The van der Waals surface area contributed by atoms with Crippen LogP contribution in [0.1, 0.15) is 5.56 Å². The first-order valence-corrected chi connectivity index (χ1v) is 6.80. The summed E-state index contributed by atoms with van der Waals surface area (Å²) < 4.78 is 10.4. The summed E-state index contributed by atoms with van der Waals surface area (Å²) in [5.74, 6) is 1.71. The number of aryl methyl sites for hydroxylation is 1. The molecule has 1 aromatic heterocycles. The van der Waals surface area contributed by atoms with Crippen LogP contribution in [0.15, 0.2) is 47.0 Å². The van der Waals surface area contributed by atoms with Crippen molar-refractivity contribution in [1.82, 2.24) is 10.1 Å². The lowest BCUT2D eigenvalue weighted by Gasteiger charge is -2.00. The first kappa shape index (κ1) is 13.6. The summed E-state index contributed by atoms with van der Waals surface area (Å²) in [6, 6.07) is 13.2. The van der Waals surface area contributed by atoms with Gasteiger partial charge in [-0.3, -0.25) is 0 Å². The number of ether oxygens (including phenoxy) is 1. The second-order valence-corrected chi connectivity index (χ2v) is 5.04. The van der Waals surface area contributed by atoms with Crippen LogP contribution in [0.4, 0.5) is 0 Å². The fourth-order valence-corrected chi connectivity index (χ4v) is 2.30. The quantitative estimate of drug-likeness (QED) is 0.720. The topological polar surface area (TPSA) is 48.2 Å². The second-order valence-electron chi connectivity index (χ2n) is 4.63. The Kier molecular flexibility index (Phi) is 3.62. The zero-order valence-electron chi connectivity index (χ0n) is 11.6. The first-order valence-electron chi connectivity index (χ1n) is 6.42. The molecule has 0 spiro atoms. The van der Waals surface area contributed by atoms with Gasteiger partial charge in [-0.15, -0.1) is 0 Å². The summed E-state index contributed by atoms with van der Waals surface area (Å²) in [5.41, 5.74) is 2.67. The van der Waals surface area contributed by atoms with Crippen LogP contribution in [-0.2, 0) is 0 Å². The van der Waals surface area contributed by atoms with Crippen molar-refractivity contribution in [2.24, 2.45) is 0 Å². The van der Waals surface area contributed by atoms with Gasteiger partial charge in [-0.1, -0.05) is 22.8 Å². The van der Waals surface area contributed by atoms with Gasteiger partial charge >= 0.3 is 0 Å². The molecule has 3 aromatic rings. The molecule has 106 valence electrons. The first-order chi connectivity index (χ1) is 10.2. The molecule has 0 radical (unpaired) electrons. The molecule has 0 aliphatic carbocycles. The van der Waals surface area contributed by atoms with Crippen molar-refractivity contribution < 1.29 is 9.26 Å². The van der Waals surface area contributed by atoms with Crippen molar-refractivity contribution in [1.29, 1.82) is 0 Å².